The van der Waals surface area contributed by atoms with E-state index < -0.39 is 0 Å². The van der Waals surface area contributed by atoms with Crippen LogP contribution in [0.15, 0.2) is 11.1 Å². The zero-order valence-corrected chi connectivity index (χ0v) is 12.9. The SMILES string of the molecule is C[C@@]1(Cl)C[C@@](C)(/C=C/Br)[C@@H](Br)C[C@H]1Cl. The molecule has 4 atom stereocenters. The van der Waals surface area contributed by atoms with E-state index in [1.54, 1.807) is 0 Å². The molecule has 0 aromatic heterocycles. The molecule has 4 heteroatoms. The van der Waals surface area contributed by atoms with Crippen molar-refractivity contribution in [2.45, 2.75) is 41.8 Å². The molecule has 0 N–H and O–H groups in total. The molecular formula is C10H14Br2Cl2. The molecule has 82 valence electrons. The molecule has 1 rings (SSSR count). The molecule has 0 amide bonds. The van der Waals surface area contributed by atoms with Crippen molar-refractivity contribution in [2.75, 3.05) is 0 Å². The molecule has 14 heavy (non-hydrogen) atoms. The van der Waals surface area contributed by atoms with Crippen LogP contribution in [0.5, 0.6) is 0 Å². The van der Waals surface area contributed by atoms with Crippen LogP contribution in [0.3, 0.4) is 0 Å². The van der Waals surface area contributed by atoms with Crippen LogP contribution in [-0.4, -0.2) is 15.1 Å². The summed E-state index contributed by atoms with van der Waals surface area (Å²) < 4.78 is 0. The van der Waals surface area contributed by atoms with Crippen molar-refractivity contribution >= 4 is 55.1 Å². The van der Waals surface area contributed by atoms with Crippen molar-refractivity contribution in [3.63, 3.8) is 0 Å². The highest BCUT2D eigenvalue weighted by atomic mass is 79.9. The van der Waals surface area contributed by atoms with Crippen LogP contribution in [0, 0.1) is 5.41 Å². The Morgan fingerprint density at radius 3 is 2.50 bits per heavy atom. The van der Waals surface area contributed by atoms with E-state index in [9.17, 15) is 0 Å². The number of allylic oxidation sites excluding steroid dienone is 1. The van der Waals surface area contributed by atoms with Gasteiger partial charge in [-0.05, 0) is 24.8 Å². The van der Waals surface area contributed by atoms with Gasteiger partial charge in [0.15, 0.2) is 0 Å². The van der Waals surface area contributed by atoms with Gasteiger partial charge in [0.1, 0.15) is 0 Å². The van der Waals surface area contributed by atoms with Crippen LogP contribution in [-0.2, 0) is 0 Å². The van der Waals surface area contributed by atoms with Gasteiger partial charge in [0.05, 0.1) is 10.3 Å². The Hall–Kier alpha value is 1.28. The van der Waals surface area contributed by atoms with Gasteiger partial charge in [-0.15, -0.1) is 23.2 Å². The van der Waals surface area contributed by atoms with Gasteiger partial charge in [0.25, 0.3) is 0 Å². The van der Waals surface area contributed by atoms with Crippen molar-refractivity contribution in [3.8, 4) is 0 Å². The molecule has 0 radical (unpaired) electrons. The summed E-state index contributed by atoms with van der Waals surface area (Å²) in [5.74, 6) is 0. The average Bonchev–Trinajstić information content (AvgIpc) is 2.01. The molecule has 1 saturated carbocycles. The summed E-state index contributed by atoms with van der Waals surface area (Å²) in [5, 5.41) is 0.0327. The van der Waals surface area contributed by atoms with Crippen LogP contribution in [0.2, 0.25) is 0 Å². The van der Waals surface area contributed by atoms with E-state index in [1.807, 2.05) is 11.9 Å². The predicted molar refractivity (Wildman–Crippen MR) is 72.0 cm³/mol. The molecule has 0 aromatic carbocycles. The molecule has 1 fully saturated rings. The summed E-state index contributed by atoms with van der Waals surface area (Å²) >= 11 is 19.7. The Bertz CT molecular complexity index is 240. The fraction of sp³-hybridized carbons (Fsp3) is 0.800. The molecule has 0 saturated heterocycles. The molecule has 1 aliphatic carbocycles. The van der Waals surface area contributed by atoms with Crippen LogP contribution >= 0.6 is 55.1 Å². The lowest BCUT2D eigenvalue weighted by Gasteiger charge is -2.46. The summed E-state index contributed by atoms with van der Waals surface area (Å²) in [6, 6.07) is 0. The van der Waals surface area contributed by atoms with Gasteiger partial charge < -0.3 is 0 Å². The highest BCUT2D eigenvalue weighted by Crippen LogP contribution is 2.50. The molecule has 0 spiro atoms. The number of halogens is 4. The van der Waals surface area contributed by atoms with E-state index in [0.717, 1.165) is 12.8 Å². The van der Waals surface area contributed by atoms with Gasteiger partial charge in [-0.25, -0.2) is 0 Å². The van der Waals surface area contributed by atoms with Crippen molar-refractivity contribution in [1.29, 1.82) is 0 Å². The number of alkyl halides is 3. The maximum absolute atomic E-state index is 6.41. The minimum Gasteiger partial charge on any atom is -0.121 e. The van der Waals surface area contributed by atoms with Gasteiger partial charge in [-0.2, -0.15) is 0 Å². The maximum Gasteiger partial charge on any atom is 0.0590 e. The molecule has 0 heterocycles. The van der Waals surface area contributed by atoms with E-state index >= 15 is 0 Å². The first-order valence-corrected chi connectivity index (χ1v) is 7.21. The highest BCUT2D eigenvalue weighted by molar-refractivity contribution is 9.11. The standard InChI is InChI=1S/C10H14Br2Cl2/c1-9(3-4-11)6-10(2,14)8(13)5-7(9)12/h3-4,7-8H,5-6H2,1-2H3/b4-3+/t7-,8+,9+,10+/m0/s1. The number of hydrogen-bond acceptors (Lipinski definition) is 0. The van der Waals surface area contributed by atoms with Crippen LogP contribution in [0.25, 0.3) is 0 Å². The Balaban J connectivity index is 2.89. The zero-order valence-electron chi connectivity index (χ0n) is 8.24. The predicted octanol–water partition coefficient (Wildman–Crippen LogP) is 5.06. The van der Waals surface area contributed by atoms with E-state index in [4.69, 9.17) is 23.2 Å². The fourth-order valence-electron chi connectivity index (χ4n) is 1.97. The first kappa shape index (κ1) is 13.3. The third-order valence-electron chi connectivity index (χ3n) is 2.95. The summed E-state index contributed by atoms with van der Waals surface area (Å²) in [5.41, 5.74) is 0.0748. The first-order valence-electron chi connectivity index (χ1n) is 4.57. The van der Waals surface area contributed by atoms with E-state index in [1.165, 1.54) is 0 Å². The molecule has 0 aliphatic heterocycles. The quantitative estimate of drug-likeness (QED) is 0.570. The summed E-state index contributed by atoms with van der Waals surface area (Å²) in [4.78, 5) is 1.98. The van der Waals surface area contributed by atoms with Crippen molar-refractivity contribution in [3.05, 3.63) is 11.1 Å². The van der Waals surface area contributed by atoms with Crippen LogP contribution in [0.1, 0.15) is 26.7 Å². The number of hydrogen-bond donors (Lipinski definition) is 0. The summed E-state index contributed by atoms with van der Waals surface area (Å²) in [7, 11) is 0. The average molecular weight is 365 g/mol. The van der Waals surface area contributed by atoms with Crippen LogP contribution in [0.4, 0.5) is 0 Å². The zero-order chi connectivity index (χ0) is 11.0. The minimum atomic E-state index is -0.312. The van der Waals surface area contributed by atoms with E-state index in [2.05, 4.69) is 44.9 Å². The Kier molecular flexibility index (Phi) is 4.43. The summed E-state index contributed by atoms with van der Waals surface area (Å²) in [6.45, 7) is 4.22. The molecule has 0 aromatic rings. The number of rotatable bonds is 1. The summed E-state index contributed by atoms with van der Waals surface area (Å²) in [6.07, 6.45) is 3.93. The maximum atomic E-state index is 6.41. The molecule has 1 aliphatic rings. The first-order chi connectivity index (χ1) is 6.32. The van der Waals surface area contributed by atoms with Crippen molar-refractivity contribution < 1.29 is 0 Å². The smallest absolute Gasteiger partial charge is 0.0590 e. The Morgan fingerprint density at radius 2 is 2.00 bits per heavy atom. The second-order valence-electron chi connectivity index (χ2n) is 4.42. The van der Waals surface area contributed by atoms with Crippen molar-refractivity contribution in [2.24, 2.45) is 5.41 Å². The van der Waals surface area contributed by atoms with E-state index in [0.29, 0.717) is 4.83 Å². The lowest BCUT2D eigenvalue weighted by atomic mass is 9.71. The van der Waals surface area contributed by atoms with Crippen LogP contribution < -0.4 is 0 Å². The lowest BCUT2D eigenvalue weighted by molar-refractivity contribution is 0.260. The minimum absolute atomic E-state index is 0.0327. The van der Waals surface area contributed by atoms with Gasteiger partial charge >= 0.3 is 0 Å². The molecular weight excluding hydrogens is 351 g/mol. The lowest BCUT2D eigenvalue weighted by Crippen LogP contribution is -2.46. The monoisotopic (exact) mass is 362 g/mol. The molecule has 0 nitrogen and oxygen atoms in total. The van der Waals surface area contributed by atoms with E-state index in [-0.39, 0.29) is 15.7 Å². The molecule has 0 bridgehead atoms. The van der Waals surface area contributed by atoms with Gasteiger partial charge in [-0.3, -0.25) is 0 Å². The third kappa shape index (κ3) is 2.69. The topological polar surface area (TPSA) is 0 Å². The van der Waals surface area contributed by atoms with Crippen molar-refractivity contribution in [1.82, 2.24) is 0 Å². The van der Waals surface area contributed by atoms with Gasteiger partial charge in [0, 0.05) is 10.2 Å². The second-order valence-corrected chi connectivity index (χ2v) is 7.45. The Morgan fingerprint density at radius 1 is 1.43 bits per heavy atom. The molecule has 0 unspecified atom stereocenters. The fourth-order valence-corrected chi connectivity index (χ4v) is 4.11. The largest absolute Gasteiger partial charge is 0.121 e. The third-order valence-corrected chi connectivity index (χ3v) is 5.81. The second kappa shape index (κ2) is 4.65. The normalized spacial score (nSPS) is 49.9. The van der Waals surface area contributed by atoms with Gasteiger partial charge in [0.2, 0.25) is 0 Å². The van der Waals surface area contributed by atoms with Gasteiger partial charge in [-0.1, -0.05) is 44.9 Å². The Labute approximate surface area is 113 Å². The highest BCUT2D eigenvalue weighted by Gasteiger charge is 2.47.